The largest absolute Gasteiger partial charge is 0.467 e. The van der Waals surface area contributed by atoms with Crippen molar-refractivity contribution in [3.05, 3.63) is 24.2 Å². The number of hydrogen-bond donors (Lipinski definition) is 1. The molecule has 0 spiro atoms. The third-order valence-electron chi connectivity index (χ3n) is 1.77. The molecule has 0 saturated heterocycles. The first kappa shape index (κ1) is 10.7. The standard InChI is InChI=1S/C10H16O2S/c13-8-3-1-2-6-11-9-10-5-4-7-12-10/h4-5,7,13H,1-3,6,8-9H2. The Balaban J connectivity index is 1.90. The van der Waals surface area contributed by atoms with E-state index in [0.717, 1.165) is 24.5 Å². The van der Waals surface area contributed by atoms with Crippen LogP contribution >= 0.6 is 12.6 Å². The summed E-state index contributed by atoms with van der Waals surface area (Å²) in [6, 6.07) is 3.80. The third-order valence-corrected chi connectivity index (χ3v) is 2.09. The average Bonchev–Trinajstić information content (AvgIpc) is 2.63. The number of hydrogen-bond acceptors (Lipinski definition) is 3. The first-order valence-corrected chi connectivity index (χ1v) is 5.27. The SMILES string of the molecule is SCCCCCOCc1ccco1. The number of thiol groups is 1. The molecule has 0 aromatic carbocycles. The predicted octanol–water partition coefficient (Wildman–Crippen LogP) is 2.90. The molecule has 0 saturated carbocycles. The highest BCUT2D eigenvalue weighted by Crippen LogP contribution is 2.03. The third kappa shape index (κ3) is 5.01. The topological polar surface area (TPSA) is 22.4 Å². The van der Waals surface area contributed by atoms with Crippen molar-refractivity contribution < 1.29 is 9.15 Å². The molecule has 0 bridgehead atoms. The molecule has 0 aliphatic carbocycles. The second-order valence-corrected chi connectivity index (χ2v) is 3.36. The molecule has 0 radical (unpaired) electrons. The van der Waals surface area contributed by atoms with Crippen molar-refractivity contribution >= 4 is 12.6 Å². The first-order valence-electron chi connectivity index (χ1n) is 4.64. The van der Waals surface area contributed by atoms with Crippen LogP contribution in [0.4, 0.5) is 0 Å². The smallest absolute Gasteiger partial charge is 0.129 e. The van der Waals surface area contributed by atoms with Crippen LogP contribution in [0.15, 0.2) is 22.8 Å². The fourth-order valence-corrected chi connectivity index (χ4v) is 1.28. The molecule has 1 heterocycles. The molecule has 74 valence electrons. The Bertz CT molecular complexity index is 197. The molecule has 0 unspecified atom stereocenters. The molecule has 0 fully saturated rings. The van der Waals surface area contributed by atoms with Crippen LogP contribution in [0.5, 0.6) is 0 Å². The van der Waals surface area contributed by atoms with E-state index in [2.05, 4.69) is 12.6 Å². The second-order valence-electron chi connectivity index (χ2n) is 2.92. The molecule has 2 nitrogen and oxygen atoms in total. The van der Waals surface area contributed by atoms with Crippen LogP contribution in [0.2, 0.25) is 0 Å². The van der Waals surface area contributed by atoms with E-state index in [1.807, 2.05) is 12.1 Å². The molecule has 0 aliphatic heterocycles. The van der Waals surface area contributed by atoms with Crippen molar-refractivity contribution in [2.45, 2.75) is 25.9 Å². The summed E-state index contributed by atoms with van der Waals surface area (Å²) in [4.78, 5) is 0. The molecule has 3 heteroatoms. The molecule has 0 amide bonds. The first-order chi connectivity index (χ1) is 6.43. The van der Waals surface area contributed by atoms with Crippen molar-refractivity contribution in [1.82, 2.24) is 0 Å². The molecular formula is C10H16O2S. The quantitative estimate of drug-likeness (QED) is 0.540. The zero-order chi connectivity index (χ0) is 9.36. The van der Waals surface area contributed by atoms with Gasteiger partial charge in [0.2, 0.25) is 0 Å². The van der Waals surface area contributed by atoms with Crippen LogP contribution < -0.4 is 0 Å². The van der Waals surface area contributed by atoms with Crippen LogP contribution in [0.25, 0.3) is 0 Å². The zero-order valence-electron chi connectivity index (χ0n) is 7.74. The van der Waals surface area contributed by atoms with Crippen molar-refractivity contribution in [2.75, 3.05) is 12.4 Å². The van der Waals surface area contributed by atoms with Crippen LogP contribution in [0, 0.1) is 0 Å². The van der Waals surface area contributed by atoms with Gasteiger partial charge in [-0.3, -0.25) is 0 Å². The van der Waals surface area contributed by atoms with E-state index in [9.17, 15) is 0 Å². The van der Waals surface area contributed by atoms with E-state index >= 15 is 0 Å². The van der Waals surface area contributed by atoms with Crippen molar-refractivity contribution in [1.29, 1.82) is 0 Å². The van der Waals surface area contributed by atoms with Crippen LogP contribution in [-0.2, 0) is 11.3 Å². The van der Waals surface area contributed by atoms with Gasteiger partial charge in [0.15, 0.2) is 0 Å². The van der Waals surface area contributed by atoms with E-state index in [1.165, 1.54) is 12.8 Å². The van der Waals surface area contributed by atoms with Gasteiger partial charge in [0.25, 0.3) is 0 Å². The van der Waals surface area contributed by atoms with Crippen LogP contribution in [-0.4, -0.2) is 12.4 Å². The highest BCUT2D eigenvalue weighted by Gasteiger charge is 1.94. The van der Waals surface area contributed by atoms with Gasteiger partial charge in [-0.1, -0.05) is 6.42 Å². The number of rotatable bonds is 7. The lowest BCUT2D eigenvalue weighted by Crippen LogP contribution is -1.94. The molecular weight excluding hydrogens is 184 g/mol. The summed E-state index contributed by atoms with van der Waals surface area (Å²) in [5.41, 5.74) is 0. The summed E-state index contributed by atoms with van der Waals surface area (Å²) in [5, 5.41) is 0. The van der Waals surface area contributed by atoms with E-state index in [0.29, 0.717) is 6.61 Å². The van der Waals surface area contributed by atoms with E-state index < -0.39 is 0 Å². The van der Waals surface area contributed by atoms with Gasteiger partial charge in [-0.05, 0) is 30.7 Å². The Morgan fingerprint density at radius 3 is 2.92 bits per heavy atom. The fraction of sp³-hybridized carbons (Fsp3) is 0.600. The Kier molecular flexibility index (Phi) is 5.78. The molecule has 0 N–H and O–H groups in total. The summed E-state index contributed by atoms with van der Waals surface area (Å²) >= 11 is 4.14. The van der Waals surface area contributed by atoms with Gasteiger partial charge >= 0.3 is 0 Å². The number of ether oxygens (including phenoxy) is 1. The Morgan fingerprint density at radius 2 is 2.23 bits per heavy atom. The maximum absolute atomic E-state index is 5.41. The summed E-state index contributed by atoms with van der Waals surface area (Å²) in [5.74, 6) is 1.87. The summed E-state index contributed by atoms with van der Waals surface area (Å²) in [6.07, 6.45) is 5.15. The lowest BCUT2D eigenvalue weighted by Gasteiger charge is -2.00. The Hall–Kier alpha value is -0.410. The lowest BCUT2D eigenvalue weighted by molar-refractivity contribution is 0.103. The minimum atomic E-state index is 0.591. The highest BCUT2D eigenvalue weighted by molar-refractivity contribution is 7.80. The second kappa shape index (κ2) is 7.04. The van der Waals surface area contributed by atoms with E-state index in [-0.39, 0.29) is 0 Å². The van der Waals surface area contributed by atoms with E-state index in [4.69, 9.17) is 9.15 Å². The Labute approximate surface area is 84.7 Å². The molecule has 0 aliphatic rings. The monoisotopic (exact) mass is 200 g/mol. The molecule has 13 heavy (non-hydrogen) atoms. The average molecular weight is 200 g/mol. The van der Waals surface area contributed by atoms with Gasteiger partial charge in [0, 0.05) is 6.61 Å². The number of unbranched alkanes of at least 4 members (excludes halogenated alkanes) is 2. The van der Waals surface area contributed by atoms with E-state index in [1.54, 1.807) is 6.26 Å². The van der Waals surface area contributed by atoms with Crippen molar-refractivity contribution in [3.8, 4) is 0 Å². The van der Waals surface area contributed by atoms with Gasteiger partial charge < -0.3 is 9.15 Å². The molecule has 0 atom stereocenters. The van der Waals surface area contributed by atoms with Crippen molar-refractivity contribution in [2.24, 2.45) is 0 Å². The van der Waals surface area contributed by atoms with Gasteiger partial charge in [-0.15, -0.1) is 0 Å². The minimum Gasteiger partial charge on any atom is -0.467 e. The minimum absolute atomic E-state index is 0.591. The van der Waals surface area contributed by atoms with Gasteiger partial charge in [0.1, 0.15) is 12.4 Å². The predicted molar refractivity (Wildman–Crippen MR) is 56.1 cm³/mol. The lowest BCUT2D eigenvalue weighted by atomic mass is 10.3. The highest BCUT2D eigenvalue weighted by atomic mass is 32.1. The van der Waals surface area contributed by atoms with Gasteiger partial charge in [0.05, 0.1) is 6.26 Å². The normalized spacial score (nSPS) is 10.5. The van der Waals surface area contributed by atoms with Crippen LogP contribution in [0.1, 0.15) is 25.0 Å². The molecule has 1 aromatic heterocycles. The van der Waals surface area contributed by atoms with Gasteiger partial charge in [-0.2, -0.15) is 12.6 Å². The van der Waals surface area contributed by atoms with Crippen LogP contribution in [0.3, 0.4) is 0 Å². The fourth-order valence-electron chi connectivity index (χ4n) is 1.06. The number of furan rings is 1. The maximum atomic E-state index is 5.41. The zero-order valence-corrected chi connectivity index (χ0v) is 8.63. The molecule has 1 rings (SSSR count). The van der Waals surface area contributed by atoms with Gasteiger partial charge in [-0.25, -0.2) is 0 Å². The summed E-state index contributed by atoms with van der Waals surface area (Å²) < 4.78 is 10.5. The summed E-state index contributed by atoms with van der Waals surface area (Å²) in [6.45, 7) is 1.41. The van der Waals surface area contributed by atoms with Crippen molar-refractivity contribution in [3.63, 3.8) is 0 Å². The maximum Gasteiger partial charge on any atom is 0.129 e. The molecule has 1 aromatic rings. The Morgan fingerprint density at radius 1 is 1.31 bits per heavy atom. The summed E-state index contributed by atoms with van der Waals surface area (Å²) in [7, 11) is 0.